The quantitative estimate of drug-likeness (QED) is 0.463. The minimum absolute atomic E-state index is 0.00622. The van der Waals surface area contributed by atoms with Gasteiger partial charge in [0.15, 0.2) is 0 Å². The molecule has 2 aromatic rings. The Morgan fingerprint density at radius 3 is 2.42 bits per heavy atom. The van der Waals surface area contributed by atoms with Crippen molar-refractivity contribution in [1.29, 1.82) is 0 Å². The van der Waals surface area contributed by atoms with Crippen molar-refractivity contribution >= 4 is 33.1 Å². The van der Waals surface area contributed by atoms with Crippen LogP contribution >= 0.6 is 11.3 Å². The molecule has 6 fully saturated rings. The van der Waals surface area contributed by atoms with Gasteiger partial charge in [0.1, 0.15) is 11.0 Å². The average Bonchev–Trinajstić information content (AvgIpc) is 3.54. The summed E-state index contributed by atoms with van der Waals surface area (Å²) in [4.78, 5) is 20.4. The lowest BCUT2D eigenvalue weighted by Crippen LogP contribution is -2.76. The minimum Gasteiger partial charge on any atom is -0.369 e. The number of amides is 1. The molecule has 218 valence electrons. The van der Waals surface area contributed by atoms with Crippen LogP contribution in [0.2, 0.25) is 0 Å². The number of hydrogen-bond acceptors (Lipinski definition) is 5. The molecule has 2 saturated carbocycles. The number of nitrogens with one attached hydrogen (secondary N) is 1. The second-order valence-corrected chi connectivity index (χ2v) is 13.7. The van der Waals surface area contributed by atoms with E-state index in [9.17, 15) is 31.1 Å². The van der Waals surface area contributed by atoms with Crippen LogP contribution < -0.4 is 10.2 Å². The standard InChI is InChI=1S/C27H29F7N4OS/c28-20-15-3-4-19(16(20)5-13-1-2-13)36-21(15)24(39)38-11-25(12-38)9-37(10-25)22-17-6-14(7-26(29,30)31)40-23(17)35-8-18(22)27(32,33)34/h6,8,13,15-16,19-21,36H,1-5,7,9-12H2/t15-,16+,19+,20-,21+/m1/s1. The van der Waals surface area contributed by atoms with Crippen LogP contribution in [0.3, 0.4) is 0 Å². The van der Waals surface area contributed by atoms with E-state index >= 15 is 4.39 Å². The number of likely N-dealkylation sites (tertiary alicyclic amines) is 1. The van der Waals surface area contributed by atoms with E-state index in [0.29, 0.717) is 31.6 Å². The van der Waals surface area contributed by atoms with Crippen molar-refractivity contribution in [3.05, 3.63) is 22.7 Å². The molecule has 0 unspecified atom stereocenters. The summed E-state index contributed by atoms with van der Waals surface area (Å²) in [5, 5.41) is 3.49. The fourth-order valence-electron chi connectivity index (χ4n) is 7.58. The van der Waals surface area contributed by atoms with Crippen LogP contribution in [0.25, 0.3) is 10.2 Å². The number of carbonyl (C=O) groups excluding carboxylic acids is 1. The Balaban J connectivity index is 1.04. The Bertz CT molecular complexity index is 1320. The van der Waals surface area contributed by atoms with Crippen LogP contribution in [0.4, 0.5) is 36.4 Å². The molecule has 1 amide bonds. The van der Waals surface area contributed by atoms with Gasteiger partial charge in [-0.05, 0) is 31.2 Å². The largest absolute Gasteiger partial charge is 0.419 e. The normalized spacial score (nSPS) is 31.5. The molecular weight excluding hydrogens is 561 g/mol. The second-order valence-electron chi connectivity index (χ2n) is 12.6. The Labute approximate surface area is 230 Å². The SMILES string of the molecule is O=C([C@H]1N[C@H]2CC[C@@H]1[C@@H](F)[C@H]2CC1CC1)N1CC2(C1)CN(c1c(C(F)(F)F)cnc3sc(CC(F)(F)F)cc13)C2. The molecule has 4 aliphatic heterocycles. The summed E-state index contributed by atoms with van der Waals surface area (Å²) in [6.07, 6.45) is -5.98. The molecule has 0 aromatic carbocycles. The number of rotatable bonds is 5. The topological polar surface area (TPSA) is 48.5 Å². The zero-order chi connectivity index (χ0) is 28.2. The average molecular weight is 591 g/mol. The first-order valence-electron chi connectivity index (χ1n) is 13.8. The highest BCUT2D eigenvalue weighted by Crippen LogP contribution is 2.51. The Morgan fingerprint density at radius 1 is 1.07 bits per heavy atom. The third-order valence-electron chi connectivity index (χ3n) is 9.53. The molecule has 5 nitrogen and oxygen atoms in total. The van der Waals surface area contributed by atoms with Crippen molar-refractivity contribution in [1.82, 2.24) is 15.2 Å². The van der Waals surface area contributed by atoms with Crippen LogP contribution in [0.1, 0.15) is 42.5 Å². The summed E-state index contributed by atoms with van der Waals surface area (Å²) in [6, 6.07) is 0.610. The van der Waals surface area contributed by atoms with Gasteiger partial charge in [-0.2, -0.15) is 26.3 Å². The van der Waals surface area contributed by atoms with Gasteiger partial charge in [0.25, 0.3) is 0 Å². The second kappa shape index (κ2) is 8.92. The van der Waals surface area contributed by atoms with Gasteiger partial charge in [-0.3, -0.25) is 4.79 Å². The molecule has 0 radical (unpaired) electrons. The van der Waals surface area contributed by atoms with Gasteiger partial charge in [0.2, 0.25) is 5.91 Å². The third kappa shape index (κ3) is 4.55. The van der Waals surface area contributed by atoms with Crippen LogP contribution in [0.5, 0.6) is 0 Å². The van der Waals surface area contributed by atoms with E-state index in [4.69, 9.17) is 0 Å². The molecule has 40 heavy (non-hydrogen) atoms. The Hall–Kier alpha value is -2.15. The van der Waals surface area contributed by atoms with Crippen molar-refractivity contribution in [3.8, 4) is 0 Å². The van der Waals surface area contributed by atoms with Gasteiger partial charge in [-0.25, -0.2) is 9.37 Å². The number of piperidine rings is 2. The maximum absolute atomic E-state index is 15.4. The first-order valence-corrected chi connectivity index (χ1v) is 14.6. The third-order valence-corrected chi connectivity index (χ3v) is 10.6. The number of pyridine rings is 1. The van der Waals surface area contributed by atoms with Gasteiger partial charge in [-0.15, -0.1) is 11.3 Å². The summed E-state index contributed by atoms with van der Waals surface area (Å²) in [6.45, 7) is 1.25. The van der Waals surface area contributed by atoms with E-state index in [1.807, 2.05) is 0 Å². The Morgan fingerprint density at radius 2 is 1.80 bits per heavy atom. The summed E-state index contributed by atoms with van der Waals surface area (Å²) >= 11 is 0.746. The lowest BCUT2D eigenvalue weighted by molar-refractivity contribution is -0.155. The van der Waals surface area contributed by atoms with Crippen LogP contribution in [0.15, 0.2) is 12.3 Å². The van der Waals surface area contributed by atoms with Crippen molar-refractivity contribution in [2.45, 2.75) is 69.1 Å². The lowest BCUT2D eigenvalue weighted by atomic mass is 9.66. The highest BCUT2D eigenvalue weighted by atomic mass is 32.1. The number of hydrogen-bond donors (Lipinski definition) is 1. The van der Waals surface area contributed by atoms with Gasteiger partial charge >= 0.3 is 12.4 Å². The number of aromatic nitrogens is 1. The summed E-state index contributed by atoms with van der Waals surface area (Å²) in [7, 11) is 0. The summed E-state index contributed by atoms with van der Waals surface area (Å²) < 4.78 is 95.9. The highest BCUT2D eigenvalue weighted by molar-refractivity contribution is 7.18. The summed E-state index contributed by atoms with van der Waals surface area (Å²) in [5.41, 5.74) is -1.50. The zero-order valence-corrected chi connectivity index (χ0v) is 22.3. The molecule has 1 N–H and O–H groups in total. The van der Waals surface area contributed by atoms with Gasteiger partial charge in [-0.1, -0.05) is 12.8 Å². The lowest BCUT2D eigenvalue weighted by Gasteiger charge is -2.62. The number of fused-ring (bicyclic) bond motifs is 4. The molecule has 13 heteroatoms. The van der Waals surface area contributed by atoms with Gasteiger partial charge in [0, 0.05) is 65.9 Å². The van der Waals surface area contributed by atoms with Crippen LogP contribution in [-0.4, -0.2) is 66.4 Å². The summed E-state index contributed by atoms with van der Waals surface area (Å²) in [5.74, 6) is 0.0926. The van der Waals surface area contributed by atoms with Gasteiger partial charge in [0.05, 0.1) is 23.7 Å². The molecule has 6 aliphatic rings. The smallest absolute Gasteiger partial charge is 0.369 e. The fourth-order valence-corrected chi connectivity index (χ4v) is 8.61. The van der Waals surface area contributed by atoms with Crippen LogP contribution in [0, 0.1) is 23.2 Å². The zero-order valence-electron chi connectivity index (χ0n) is 21.5. The van der Waals surface area contributed by atoms with Crippen LogP contribution in [-0.2, 0) is 17.4 Å². The molecule has 4 saturated heterocycles. The monoisotopic (exact) mass is 590 g/mol. The Kier molecular flexibility index (Phi) is 5.96. The number of thiophene rings is 1. The van der Waals surface area contributed by atoms with E-state index in [0.717, 1.165) is 37.0 Å². The van der Waals surface area contributed by atoms with Gasteiger partial charge < -0.3 is 15.1 Å². The fraction of sp³-hybridized carbons (Fsp3) is 0.704. The van der Waals surface area contributed by atoms with E-state index in [1.165, 1.54) is 6.07 Å². The number of halogens is 7. The minimum atomic E-state index is -4.72. The predicted octanol–water partition coefficient (Wildman–Crippen LogP) is 5.57. The highest BCUT2D eigenvalue weighted by Gasteiger charge is 2.58. The van der Waals surface area contributed by atoms with E-state index < -0.39 is 36.6 Å². The van der Waals surface area contributed by atoms with E-state index in [2.05, 4.69) is 10.3 Å². The maximum Gasteiger partial charge on any atom is 0.419 e. The molecular formula is C27H29F7N4OS. The molecule has 1 spiro atoms. The maximum atomic E-state index is 15.4. The molecule has 2 aliphatic carbocycles. The van der Waals surface area contributed by atoms with Crippen molar-refractivity contribution in [2.24, 2.45) is 23.2 Å². The molecule has 2 bridgehead atoms. The molecule has 2 aromatic heterocycles. The van der Waals surface area contributed by atoms with Crippen molar-refractivity contribution < 1.29 is 35.5 Å². The first kappa shape index (κ1) is 26.7. The molecule has 5 atom stereocenters. The molecule has 6 heterocycles. The van der Waals surface area contributed by atoms with E-state index in [1.54, 1.807) is 9.80 Å². The van der Waals surface area contributed by atoms with Crippen molar-refractivity contribution in [3.63, 3.8) is 0 Å². The molecule has 8 rings (SSSR count). The number of nitrogens with zero attached hydrogens (tertiary/aromatic N) is 3. The number of anilines is 1. The number of alkyl halides is 7. The van der Waals surface area contributed by atoms with Crippen molar-refractivity contribution in [2.75, 3.05) is 31.1 Å². The number of carbonyl (C=O) groups is 1. The predicted molar refractivity (Wildman–Crippen MR) is 135 cm³/mol. The van der Waals surface area contributed by atoms with E-state index in [-0.39, 0.29) is 63.1 Å². The first-order chi connectivity index (χ1) is 18.8.